The fraction of sp³-hybridized carbons (Fsp3) is 0.615. The number of thiophene rings is 1. The molecular weight excluding hydrogens is 250 g/mol. The molecule has 1 fully saturated rings. The quantitative estimate of drug-likeness (QED) is 0.626. The second-order valence-electron chi connectivity index (χ2n) is 4.72. The highest BCUT2D eigenvalue weighted by atomic mass is 32.1. The van der Waals surface area contributed by atoms with E-state index in [-0.39, 0.29) is 5.97 Å². The van der Waals surface area contributed by atoms with Gasteiger partial charge in [0.2, 0.25) is 0 Å². The Morgan fingerprint density at radius 3 is 2.89 bits per heavy atom. The predicted octanol–water partition coefficient (Wildman–Crippen LogP) is 1.38. The smallest absolute Gasteiger partial charge is 0.317 e. The van der Waals surface area contributed by atoms with E-state index in [1.165, 1.54) is 17.6 Å². The maximum absolute atomic E-state index is 11.7. The van der Waals surface area contributed by atoms with E-state index in [1.54, 1.807) is 11.3 Å². The van der Waals surface area contributed by atoms with Crippen molar-refractivity contribution in [2.24, 2.45) is 5.41 Å². The van der Waals surface area contributed by atoms with Crippen molar-refractivity contribution < 1.29 is 14.3 Å². The summed E-state index contributed by atoms with van der Waals surface area (Å²) in [5, 5.41) is 5.45. The van der Waals surface area contributed by atoms with E-state index in [9.17, 15) is 4.79 Å². The number of aryl methyl sites for hydroxylation is 1. The van der Waals surface area contributed by atoms with Gasteiger partial charge in [0.1, 0.15) is 5.41 Å². The molecule has 2 heterocycles. The van der Waals surface area contributed by atoms with E-state index in [1.807, 2.05) is 0 Å². The molecule has 0 spiro atoms. The normalized spacial score (nSPS) is 17.2. The monoisotopic (exact) mass is 269 g/mol. The molecule has 1 saturated heterocycles. The number of carbonyl (C=O) groups is 1. The second-order valence-corrected chi connectivity index (χ2v) is 5.72. The van der Waals surface area contributed by atoms with Crippen LogP contribution in [0.15, 0.2) is 11.4 Å². The van der Waals surface area contributed by atoms with Gasteiger partial charge in [0, 0.05) is 18.0 Å². The standard InChI is InChI=1S/C13H19NO3S/c1-10-4-6-18-11(10)3-5-14-7-13(8-17-9-13)12(15)16-2/h4,6,14H,3,5,7-9H2,1-2H3. The molecule has 1 aromatic heterocycles. The van der Waals surface area contributed by atoms with Gasteiger partial charge in [-0.1, -0.05) is 0 Å². The largest absolute Gasteiger partial charge is 0.468 e. The molecule has 5 heteroatoms. The summed E-state index contributed by atoms with van der Waals surface area (Å²) in [7, 11) is 1.43. The first-order chi connectivity index (χ1) is 8.68. The topological polar surface area (TPSA) is 47.6 Å². The Bertz CT molecular complexity index is 412. The number of methoxy groups -OCH3 is 1. The Morgan fingerprint density at radius 1 is 1.61 bits per heavy atom. The fourth-order valence-corrected chi connectivity index (χ4v) is 2.96. The van der Waals surface area contributed by atoms with Crippen LogP contribution in [0.2, 0.25) is 0 Å². The first-order valence-electron chi connectivity index (χ1n) is 6.08. The lowest BCUT2D eigenvalue weighted by Gasteiger charge is -2.38. The molecule has 1 aromatic rings. The van der Waals surface area contributed by atoms with Crippen molar-refractivity contribution in [2.75, 3.05) is 33.4 Å². The van der Waals surface area contributed by atoms with E-state index in [4.69, 9.17) is 9.47 Å². The maximum atomic E-state index is 11.7. The summed E-state index contributed by atoms with van der Waals surface area (Å²) in [5.41, 5.74) is 0.885. The van der Waals surface area contributed by atoms with Gasteiger partial charge in [-0.2, -0.15) is 0 Å². The average Bonchev–Trinajstić information content (AvgIpc) is 2.72. The van der Waals surface area contributed by atoms with Crippen LogP contribution < -0.4 is 5.32 Å². The van der Waals surface area contributed by atoms with Crippen LogP contribution in [0.4, 0.5) is 0 Å². The lowest BCUT2D eigenvalue weighted by atomic mass is 9.86. The van der Waals surface area contributed by atoms with Gasteiger partial charge in [0.25, 0.3) is 0 Å². The zero-order chi connectivity index (χ0) is 13.0. The van der Waals surface area contributed by atoms with Crippen LogP contribution in [0.3, 0.4) is 0 Å². The Hall–Kier alpha value is -0.910. The zero-order valence-corrected chi connectivity index (χ0v) is 11.6. The van der Waals surface area contributed by atoms with Gasteiger partial charge in [-0.3, -0.25) is 4.79 Å². The highest BCUT2D eigenvalue weighted by molar-refractivity contribution is 7.10. The molecule has 0 unspecified atom stereocenters. The SMILES string of the molecule is COC(=O)C1(CNCCc2sccc2C)COC1. The molecule has 0 amide bonds. The van der Waals surface area contributed by atoms with Gasteiger partial charge < -0.3 is 14.8 Å². The maximum Gasteiger partial charge on any atom is 0.317 e. The highest BCUT2D eigenvalue weighted by Gasteiger charge is 2.46. The molecule has 0 aromatic carbocycles. The first kappa shape index (κ1) is 13.5. The van der Waals surface area contributed by atoms with Gasteiger partial charge >= 0.3 is 5.97 Å². The van der Waals surface area contributed by atoms with Crippen LogP contribution in [0.25, 0.3) is 0 Å². The minimum atomic E-state index is -0.459. The van der Waals surface area contributed by atoms with Gasteiger partial charge in [0.05, 0.1) is 20.3 Å². The van der Waals surface area contributed by atoms with E-state index >= 15 is 0 Å². The summed E-state index contributed by atoms with van der Waals surface area (Å²) in [6, 6.07) is 2.13. The molecule has 1 aliphatic heterocycles. The summed E-state index contributed by atoms with van der Waals surface area (Å²) in [5.74, 6) is -0.173. The Kier molecular flexibility index (Phi) is 4.37. The molecule has 0 saturated carbocycles. The van der Waals surface area contributed by atoms with E-state index in [0.29, 0.717) is 19.8 Å². The molecule has 1 N–H and O–H groups in total. The van der Waals surface area contributed by atoms with Gasteiger partial charge in [-0.25, -0.2) is 0 Å². The lowest BCUT2D eigenvalue weighted by molar-refractivity contribution is -0.182. The third kappa shape index (κ3) is 2.74. The van der Waals surface area contributed by atoms with Gasteiger partial charge in [0.15, 0.2) is 0 Å². The second kappa shape index (κ2) is 5.82. The fourth-order valence-electron chi connectivity index (χ4n) is 2.05. The van der Waals surface area contributed by atoms with Crippen LogP contribution in [0, 0.1) is 12.3 Å². The number of ether oxygens (including phenoxy) is 2. The third-order valence-corrected chi connectivity index (χ3v) is 4.42. The van der Waals surface area contributed by atoms with Crippen LogP contribution >= 0.6 is 11.3 Å². The van der Waals surface area contributed by atoms with Crippen LogP contribution in [-0.4, -0.2) is 39.4 Å². The molecular formula is C13H19NO3S. The number of esters is 1. The zero-order valence-electron chi connectivity index (χ0n) is 10.8. The number of rotatable bonds is 6. The predicted molar refractivity (Wildman–Crippen MR) is 70.9 cm³/mol. The average molecular weight is 269 g/mol. The number of hydrogen-bond donors (Lipinski definition) is 1. The highest BCUT2D eigenvalue weighted by Crippen LogP contribution is 2.28. The van der Waals surface area contributed by atoms with Crippen LogP contribution in [0.1, 0.15) is 10.4 Å². The number of hydrogen-bond acceptors (Lipinski definition) is 5. The summed E-state index contributed by atoms with van der Waals surface area (Å²) >= 11 is 1.78. The summed E-state index contributed by atoms with van der Waals surface area (Å²) in [6.45, 7) is 4.56. The minimum absolute atomic E-state index is 0.173. The Balaban J connectivity index is 1.75. The van der Waals surface area contributed by atoms with Crippen LogP contribution in [0.5, 0.6) is 0 Å². The number of nitrogens with one attached hydrogen (secondary N) is 1. The van der Waals surface area contributed by atoms with Crippen molar-refractivity contribution >= 4 is 17.3 Å². The van der Waals surface area contributed by atoms with Crippen molar-refractivity contribution in [1.82, 2.24) is 5.32 Å². The van der Waals surface area contributed by atoms with Crippen molar-refractivity contribution in [3.8, 4) is 0 Å². The first-order valence-corrected chi connectivity index (χ1v) is 6.96. The molecule has 2 rings (SSSR count). The molecule has 0 radical (unpaired) electrons. The molecule has 100 valence electrons. The Labute approximate surface area is 111 Å². The summed E-state index contributed by atoms with van der Waals surface area (Å²) in [4.78, 5) is 13.1. The molecule has 0 atom stereocenters. The van der Waals surface area contributed by atoms with Crippen molar-refractivity contribution in [3.05, 3.63) is 21.9 Å². The minimum Gasteiger partial charge on any atom is -0.468 e. The lowest BCUT2D eigenvalue weighted by Crippen LogP contribution is -2.55. The summed E-state index contributed by atoms with van der Waals surface area (Å²) < 4.78 is 9.97. The molecule has 0 bridgehead atoms. The van der Waals surface area contributed by atoms with Gasteiger partial charge in [-0.05, 0) is 30.4 Å². The Morgan fingerprint density at radius 2 is 2.39 bits per heavy atom. The summed E-state index contributed by atoms with van der Waals surface area (Å²) in [6.07, 6.45) is 1.00. The van der Waals surface area contributed by atoms with E-state index < -0.39 is 5.41 Å². The third-order valence-electron chi connectivity index (χ3n) is 3.34. The van der Waals surface area contributed by atoms with Gasteiger partial charge in [-0.15, -0.1) is 11.3 Å². The number of carbonyl (C=O) groups excluding carboxylic acids is 1. The van der Waals surface area contributed by atoms with Crippen LogP contribution in [-0.2, 0) is 20.7 Å². The van der Waals surface area contributed by atoms with E-state index in [0.717, 1.165) is 13.0 Å². The van der Waals surface area contributed by atoms with Crippen molar-refractivity contribution in [3.63, 3.8) is 0 Å². The van der Waals surface area contributed by atoms with Crippen molar-refractivity contribution in [1.29, 1.82) is 0 Å². The van der Waals surface area contributed by atoms with Crippen molar-refractivity contribution in [2.45, 2.75) is 13.3 Å². The molecule has 4 nitrogen and oxygen atoms in total. The molecule has 1 aliphatic rings. The molecule has 18 heavy (non-hydrogen) atoms. The molecule has 0 aliphatic carbocycles. The van der Waals surface area contributed by atoms with E-state index in [2.05, 4.69) is 23.7 Å².